The predicted octanol–water partition coefficient (Wildman–Crippen LogP) is 0.917. The van der Waals surface area contributed by atoms with Gasteiger partial charge in [0, 0.05) is 24.8 Å². The number of aliphatic hydroxyl groups is 1. The summed E-state index contributed by atoms with van der Waals surface area (Å²) in [4.78, 5) is 6.44. The van der Waals surface area contributed by atoms with Crippen LogP contribution in [0.3, 0.4) is 0 Å². The van der Waals surface area contributed by atoms with E-state index >= 15 is 0 Å². The van der Waals surface area contributed by atoms with Gasteiger partial charge in [0.05, 0.1) is 5.60 Å². The summed E-state index contributed by atoms with van der Waals surface area (Å²) in [5.41, 5.74) is 5.62. The molecule has 1 aliphatic heterocycles. The fraction of sp³-hybridized carbons (Fsp3) is 0.538. The summed E-state index contributed by atoms with van der Waals surface area (Å²) >= 11 is 0. The van der Waals surface area contributed by atoms with Crippen LogP contribution in [0.15, 0.2) is 23.5 Å². The quantitative estimate of drug-likeness (QED) is 0.319. The zero-order valence-electron chi connectivity index (χ0n) is 11.1. The molecule has 0 aliphatic carbocycles. The van der Waals surface area contributed by atoms with E-state index in [0.29, 0.717) is 12.0 Å². The number of rotatable bonds is 2. The number of hydrogen-bond acceptors (Lipinski definition) is 5. The smallest absolute Gasteiger partial charge is 0.170 e. The van der Waals surface area contributed by atoms with Crippen molar-refractivity contribution in [2.75, 3.05) is 18.0 Å². The number of pyridine rings is 1. The van der Waals surface area contributed by atoms with Crippen LogP contribution < -0.4 is 10.6 Å². The van der Waals surface area contributed by atoms with Crippen molar-refractivity contribution >= 4 is 11.7 Å². The molecule has 4 N–H and O–H groups in total. The first-order valence-electron chi connectivity index (χ1n) is 6.43. The van der Waals surface area contributed by atoms with Crippen molar-refractivity contribution in [3.05, 3.63) is 23.9 Å². The Kier molecular flexibility index (Phi) is 3.90. The maximum absolute atomic E-state index is 10.1. The van der Waals surface area contributed by atoms with Crippen LogP contribution in [0, 0.1) is 0 Å². The van der Waals surface area contributed by atoms with Gasteiger partial charge in [-0.1, -0.05) is 5.16 Å². The average molecular weight is 264 g/mol. The Morgan fingerprint density at radius 3 is 3.00 bits per heavy atom. The largest absolute Gasteiger partial charge is 0.409 e. The molecule has 2 heterocycles. The van der Waals surface area contributed by atoms with Gasteiger partial charge in [-0.05, 0) is 38.3 Å². The summed E-state index contributed by atoms with van der Waals surface area (Å²) in [5.74, 6) is 0.868. The predicted molar refractivity (Wildman–Crippen MR) is 73.4 cm³/mol. The second-order valence-corrected chi connectivity index (χ2v) is 5.23. The van der Waals surface area contributed by atoms with E-state index in [4.69, 9.17) is 10.9 Å². The highest BCUT2D eigenvalue weighted by Crippen LogP contribution is 2.24. The number of amidine groups is 1. The van der Waals surface area contributed by atoms with Gasteiger partial charge in [0.1, 0.15) is 5.82 Å². The van der Waals surface area contributed by atoms with Gasteiger partial charge >= 0.3 is 0 Å². The van der Waals surface area contributed by atoms with E-state index in [1.54, 1.807) is 18.3 Å². The molecule has 19 heavy (non-hydrogen) atoms. The second kappa shape index (κ2) is 5.44. The van der Waals surface area contributed by atoms with Crippen molar-refractivity contribution in [2.45, 2.75) is 31.8 Å². The van der Waals surface area contributed by atoms with Crippen LogP contribution in [-0.4, -0.2) is 39.8 Å². The third-order valence-electron chi connectivity index (χ3n) is 3.54. The molecule has 2 rings (SSSR count). The summed E-state index contributed by atoms with van der Waals surface area (Å²) in [5, 5.41) is 21.8. The van der Waals surface area contributed by atoms with Gasteiger partial charge in [0.2, 0.25) is 0 Å². The summed E-state index contributed by atoms with van der Waals surface area (Å²) < 4.78 is 0. The van der Waals surface area contributed by atoms with Gasteiger partial charge in [-0.15, -0.1) is 0 Å². The fourth-order valence-corrected chi connectivity index (χ4v) is 2.30. The molecule has 0 saturated carbocycles. The molecule has 104 valence electrons. The molecule has 1 aliphatic rings. The number of aromatic nitrogens is 1. The molecule has 0 radical (unpaired) electrons. The summed E-state index contributed by atoms with van der Waals surface area (Å²) in [6.07, 6.45) is 4.07. The molecular weight excluding hydrogens is 244 g/mol. The summed E-state index contributed by atoms with van der Waals surface area (Å²) in [6.45, 7) is 3.47. The zero-order valence-corrected chi connectivity index (χ0v) is 11.1. The van der Waals surface area contributed by atoms with Gasteiger partial charge in [-0.25, -0.2) is 4.98 Å². The molecule has 1 unspecified atom stereocenters. The van der Waals surface area contributed by atoms with Gasteiger partial charge in [0.25, 0.3) is 0 Å². The summed E-state index contributed by atoms with van der Waals surface area (Å²) in [7, 11) is 0. The highest BCUT2D eigenvalue weighted by atomic mass is 16.4. The Morgan fingerprint density at radius 1 is 1.47 bits per heavy atom. The first kappa shape index (κ1) is 13.6. The Bertz CT molecular complexity index is 473. The minimum atomic E-state index is -0.599. The summed E-state index contributed by atoms with van der Waals surface area (Å²) in [6, 6.07) is 3.50. The van der Waals surface area contributed by atoms with Gasteiger partial charge < -0.3 is 20.9 Å². The van der Waals surface area contributed by atoms with Crippen LogP contribution in [0.2, 0.25) is 0 Å². The number of nitrogens with zero attached hydrogens (tertiary/aromatic N) is 3. The number of hydrogen-bond donors (Lipinski definition) is 3. The van der Waals surface area contributed by atoms with E-state index in [2.05, 4.69) is 15.0 Å². The maximum Gasteiger partial charge on any atom is 0.170 e. The van der Waals surface area contributed by atoms with Crippen LogP contribution in [0.1, 0.15) is 31.7 Å². The lowest BCUT2D eigenvalue weighted by Crippen LogP contribution is -2.29. The van der Waals surface area contributed by atoms with E-state index in [9.17, 15) is 5.11 Å². The topological polar surface area (TPSA) is 95.0 Å². The first-order valence-corrected chi connectivity index (χ1v) is 6.43. The van der Waals surface area contributed by atoms with Crippen molar-refractivity contribution in [2.24, 2.45) is 10.9 Å². The lowest BCUT2D eigenvalue weighted by Gasteiger charge is -2.23. The molecule has 0 bridgehead atoms. The van der Waals surface area contributed by atoms with Gasteiger partial charge in [-0.3, -0.25) is 0 Å². The van der Waals surface area contributed by atoms with Crippen molar-refractivity contribution in [3.63, 3.8) is 0 Å². The second-order valence-electron chi connectivity index (χ2n) is 5.23. The van der Waals surface area contributed by atoms with Gasteiger partial charge in [0.15, 0.2) is 5.84 Å². The van der Waals surface area contributed by atoms with Crippen LogP contribution in [0.5, 0.6) is 0 Å². The number of anilines is 1. The molecule has 1 aromatic rings. The lowest BCUT2D eigenvalue weighted by molar-refractivity contribution is 0.0481. The molecule has 6 nitrogen and oxygen atoms in total. The standard InChI is InChI=1S/C13H20N4O2/c1-13(18)4-2-7-17(8-5-13)11-9-10(3-6-15-11)12(14)16-19/h3,6,9,18-19H,2,4-5,7-8H2,1H3,(H2,14,16). The average Bonchev–Trinajstić information content (AvgIpc) is 2.59. The van der Waals surface area contributed by atoms with E-state index in [-0.39, 0.29) is 5.84 Å². The van der Waals surface area contributed by atoms with E-state index < -0.39 is 5.60 Å². The van der Waals surface area contributed by atoms with Crippen molar-refractivity contribution in [1.82, 2.24) is 4.98 Å². The molecule has 6 heteroatoms. The molecule has 1 aromatic heterocycles. The normalized spacial score (nSPS) is 25.2. The van der Waals surface area contributed by atoms with E-state index in [1.165, 1.54) is 0 Å². The first-order chi connectivity index (χ1) is 9.02. The van der Waals surface area contributed by atoms with E-state index in [1.807, 2.05) is 6.92 Å². The lowest BCUT2D eigenvalue weighted by atomic mass is 9.98. The monoisotopic (exact) mass is 264 g/mol. The maximum atomic E-state index is 10.1. The molecule has 1 saturated heterocycles. The Balaban J connectivity index is 2.18. The molecule has 1 atom stereocenters. The van der Waals surface area contributed by atoms with Crippen LogP contribution in [0.25, 0.3) is 0 Å². The van der Waals surface area contributed by atoms with Crippen molar-refractivity contribution in [3.8, 4) is 0 Å². The third kappa shape index (κ3) is 3.35. The van der Waals surface area contributed by atoms with Crippen molar-refractivity contribution < 1.29 is 10.3 Å². The molecular formula is C13H20N4O2. The van der Waals surface area contributed by atoms with Gasteiger partial charge in [-0.2, -0.15) is 0 Å². The number of nitrogens with two attached hydrogens (primary N) is 1. The van der Waals surface area contributed by atoms with Crippen molar-refractivity contribution in [1.29, 1.82) is 0 Å². The zero-order chi connectivity index (χ0) is 13.9. The molecule has 0 amide bonds. The van der Waals surface area contributed by atoms with Crippen LogP contribution >= 0.6 is 0 Å². The number of oxime groups is 1. The fourth-order valence-electron chi connectivity index (χ4n) is 2.30. The molecule has 0 aromatic carbocycles. The SMILES string of the molecule is CC1(O)CCCN(c2cc(/C(N)=N/O)ccn2)CC1. The Morgan fingerprint density at radius 2 is 2.26 bits per heavy atom. The van der Waals surface area contributed by atoms with Crippen LogP contribution in [0.4, 0.5) is 5.82 Å². The minimum Gasteiger partial charge on any atom is -0.409 e. The third-order valence-corrected chi connectivity index (χ3v) is 3.54. The highest BCUT2D eigenvalue weighted by Gasteiger charge is 2.25. The molecule has 1 fully saturated rings. The Hall–Kier alpha value is -1.82. The Labute approximate surface area is 112 Å². The van der Waals surface area contributed by atoms with E-state index in [0.717, 1.165) is 31.7 Å². The highest BCUT2D eigenvalue weighted by molar-refractivity contribution is 5.97. The minimum absolute atomic E-state index is 0.0745. The molecule has 0 spiro atoms. The van der Waals surface area contributed by atoms with Crippen LogP contribution in [-0.2, 0) is 0 Å².